The molecule has 0 amide bonds. The van der Waals surface area contributed by atoms with Gasteiger partial charge in [-0.05, 0) is 48.8 Å². The fraction of sp³-hybridized carbons (Fsp3) is 0.357. The molecule has 2 aromatic carbocycles. The van der Waals surface area contributed by atoms with Crippen molar-refractivity contribution in [2.45, 2.75) is 45.6 Å². The number of benzene rings is 2. The second kappa shape index (κ2) is 11.4. The fourth-order valence-electron chi connectivity index (χ4n) is 4.53. The number of ketones is 1. The predicted octanol–water partition coefficient (Wildman–Crippen LogP) is 5.53. The highest BCUT2D eigenvalue weighted by Gasteiger charge is 2.39. The molecule has 34 heavy (non-hydrogen) atoms. The van der Waals surface area contributed by atoms with Crippen molar-refractivity contribution in [3.8, 4) is 5.75 Å². The van der Waals surface area contributed by atoms with Crippen molar-refractivity contribution in [3.63, 3.8) is 0 Å². The first kappa shape index (κ1) is 24.1. The molecule has 5 nitrogen and oxygen atoms in total. The minimum absolute atomic E-state index is 0.0914. The molecule has 0 unspecified atom stereocenters. The lowest BCUT2D eigenvalue weighted by molar-refractivity contribution is -0.138. The largest absolute Gasteiger partial charge is 0.489 e. The highest BCUT2D eigenvalue weighted by atomic mass is 32.2. The summed E-state index contributed by atoms with van der Waals surface area (Å²) < 4.78 is 11.7. The molecule has 6 heteroatoms. The molecular weight excluding hydrogens is 446 g/mol. The van der Waals surface area contributed by atoms with Crippen molar-refractivity contribution >= 4 is 23.5 Å². The SMILES string of the molecule is CCSCCOC(=O)C1=C(C)NC2=C(C(=O)CCC2)[C@@H]1c1cccc(OCc2ccccc2)c1. The summed E-state index contributed by atoms with van der Waals surface area (Å²) in [7, 11) is 0. The van der Waals surface area contributed by atoms with Gasteiger partial charge in [-0.25, -0.2) is 4.79 Å². The minimum Gasteiger partial charge on any atom is -0.489 e. The lowest BCUT2D eigenvalue weighted by Gasteiger charge is -2.34. The predicted molar refractivity (Wildman–Crippen MR) is 136 cm³/mol. The van der Waals surface area contributed by atoms with E-state index in [-0.39, 0.29) is 11.8 Å². The van der Waals surface area contributed by atoms with Crippen LogP contribution in [0.15, 0.2) is 77.1 Å². The van der Waals surface area contributed by atoms with E-state index in [4.69, 9.17) is 9.47 Å². The van der Waals surface area contributed by atoms with Crippen molar-refractivity contribution in [1.82, 2.24) is 5.32 Å². The highest BCUT2D eigenvalue weighted by Crippen LogP contribution is 2.43. The van der Waals surface area contributed by atoms with Crippen LogP contribution in [0.2, 0.25) is 0 Å². The van der Waals surface area contributed by atoms with Crippen molar-refractivity contribution < 1.29 is 19.1 Å². The molecule has 0 aromatic heterocycles. The molecule has 0 bridgehead atoms. The Morgan fingerprint density at radius 3 is 2.74 bits per heavy atom. The number of carbonyl (C=O) groups excluding carboxylic acids is 2. The highest BCUT2D eigenvalue weighted by molar-refractivity contribution is 7.99. The third-order valence-corrected chi connectivity index (χ3v) is 6.96. The zero-order chi connectivity index (χ0) is 23.9. The number of ether oxygens (including phenoxy) is 2. The van der Waals surface area contributed by atoms with E-state index in [0.717, 1.165) is 46.9 Å². The Labute approximate surface area is 205 Å². The van der Waals surface area contributed by atoms with Crippen LogP contribution in [0.3, 0.4) is 0 Å². The van der Waals surface area contributed by atoms with Gasteiger partial charge >= 0.3 is 5.97 Å². The summed E-state index contributed by atoms with van der Waals surface area (Å²) in [5.74, 6) is 1.69. The Bertz CT molecular complexity index is 1110. The van der Waals surface area contributed by atoms with Crippen LogP contribution in [-0.4, -0.2) is 29.9 Å². The van der Waals surface area contributed by atoms with Gasteiger partial charge in [-0.15, -0.1) is 0 Å². The van der Waals surface area contributed by atoms with Crippen LogP contribution in [0.5, 0.6) is 5.75 Å². The molecule has 0 spiro atoms. The lowest BCUT2D eigenvalue weighted by atomic mass is 9.75. The van der Waals surface area contributed by atoms with Crippen LogP contribution >= 0.6 is 11.8 Å². The van der Waals surface area contributed by atoms with Gasteiger partial charge in [0.05, 0.1) is 5.57 Å². The summed E-state index contributed by atoms with van der Waals surface area (Å²) in [6.45, 7) is 4.77. The standard InChI is InChI=1S/C28H31NO4S/c1-3-34-16-15-32-28(31)25-19(2)29-23-13-8-14-24(30)27(23)26(25)21-11-7-12-22(17-21)33-18-20-9-5-4-6-10-20/h4-7,9-12,17,26,29H,3,8,13-16,18H2,1-2H3/t26-/m1/s1. The van der Waals surface area contributed by atoms with Crippen molar-refractivity contribution in [3.05, 3.63) is 88.3 Å². The van der Waals surface area contributed by atoms with E-state index in [2.05, 4.69) is 12.2 Å². The molecule has 0 fully saturated rings. The third kappa shape index (κ3) is 5.55. The number of Topliss-reactive ketones (excluding diaryl/α,β-unsaturated/α-hetero) is 1. The zero-order valence-electron chi connectivity index (χ0n) is 19.8. The van der Waals surface area contributed by atoms with Crippen LogP contribution in [0, 0.1) is 0 Å². The Hall–Kier alpha value is -2.99. The van der Waals surface area contributed by atoms with Gasteiger partial charge in [0.2, 0.25) is 0 Å². The van der Waals surface area contributed by atoms with Gasteiger partial charge in [0.15, 0.2) is 5.78 Å². The smallest absolute Gasteiger partial charge is 0.336 e. The van der Waals surface area contributed by atoms with Crippen molar-refractivity contribution in [2.75, 3.05) is 18.1 Å². The van der Waals surface area contributed by atoms with Gasteiger partial charge in [-0.1, -0.05) is 49.4 Å². The number of hydrogen-bond acceptors (Lipinski definition) is 6. The zero-order valence-corrected chi connectivity index (χ0v) is 20.6. The molecule has 2 aromatic rings. The number of nitrogens with one attached hydrogen (secondary N) is 1. The fourth-order valence-corrected chi connectivity index (χ4v) is 5.02. The second-order valence-electron chi connectivity index (χ2n) is 8.45. The Balaban J connectivity index is 1.64. The van der Waals surface area contributed by atoms with Gasteiger partial charge in [0.25, 0.3) is 0 Å². The van der Waals surface area contributed by atoms with E-state index in [0.29, 0.717) is 36.5 Å². The van der Waals surface area contributed by atoms with Crippen LogP contribution < -0.4 is 10.1 Å². The van der Waals surface area contributed by atoms with E-state index < -0.39 is 5.92 Å². The first-order valence-corrected chi connectivity index (χ1v) is 13.0. The van der Waals surface area contributed by atoms with Crippen molar-refractivity contribution in [2.24, 2.45) is 0 Å². The average Bonchev–Trinajstić information content (AvgIpc) is 2.85. The molecule has 1 heterocycles. The summed E-state index contributed by atoms with van der Waals surface area (Å²) in [6, 6.07) is 17.7. The summed E-state index contributed by atoms with van der Waals surface area (Å²) in [5, 5.41) is 3.34. The number of thioether (sulfide) groups is 1. The van der Waals surface area contributed by atoms with E-state index >= 15 is 0 Å². The van der Waals surface area contributed by atoms with E-state index in [1.165, 1.54) is 0 Å². The number of carbonyl (C=O) groups is 2. The van der Waals surface area contributed by atoms with Crippen LogP contribution in [0.25, 0.3) is 0 Å². The third-order valence-electron chi connectivity index (χ3n) is 6.10. The summed E-state index contributed by atoms with van der Waals surface area (Å²) in [4.78, 5) is 26.3. The lowest BCUT2D eigenvalue weighted by Crippen LogP contribution is -2.34. The summed E-state index contributed by atoms with van der Waals surface area (Å²) in [6.07, 6.45) is 2.11. The van der Waals surface area contributed by atoms with Gasteiger partial charge in [-0.2, -0.15) is 11.8 Å². The summed E-state index contributed by atoms with van der Waals surface area (Å²) in [5.41, 5.74) is 4.81. The van der Waals surface area contributed by atoms with E-state index in [1.54, 1.807) is 11.8 Å². The quantitative estimate of drug-likeness (QED) is 0.378. The number of hydrogen-bond donors (Lipinski definition) is 1. The Kier molecular flexibility index (Phi) is 8.12. The molecule has 1 atom stereocenters. The van der Waals surface area contributed by atoms with Crippen LogP contribution in [0.4, 0.5) is 0 Å². The molecule has 4 rings (SSSR count). The summed E-state index contributed by atoms with van der Waals surface area (Å²) >= 11 is 1.73. The Morgan fingerprint density at radius 2 is 1.94 bits per heavy atom. The first-order valence-electron chi connectivity index (χ1n) is 11.8. The number of esters is 1. The normalized spacial score (nSPS) is 17.8. The molecule has 178 valence electrons. The average molecular weight is 478 g/mol. The van der Waals surface area contributed by atoms with E-state index in [9.17, 15) is 9.59 Å². The Morgan fingerprint density at radius 1 is 1.12 bits per heavy atom. The van der Waals surface area contributed by atoms with Gasteiger partial charge in [-0.3, -0.25) is 4.79 Å². The van der Waals surface area contributed by atoms with Gasteiger partial charge < -0.3 is 14.8 Å². The molecular formula is C28H31NO4S. The number of dihydropyridines is 1. The van der Waals surface area contributed by atoms with Gasteiger partial charge in [0.1, 0.15) is 19.0 Å². The maximum absolute atomic E-state index is 13.2. The topological polar surface area (TPSA) is 64.6 Å². The van der Waals surface area contributed by atoms with Gasteiger partial charge in [0, 0.05) is 35.1 Å². The molecule has 1 aliphatic carbocycles. The second-order valence-corrected chi connectivity index (χ2v) is 9.84. The maximum Gasteiger partial charge on any atom is 0.336 e. The number of allylic oxidation sites excluding steroid dienone is 3. The first-order chi connectivity index (χ1) is 16.6. The van der Waals surface area contributed by atoms with Crippen molar-refractivity contribution in [1.29, 1.82) is 0 Å². The molecule has 0 saturated heterocycles. The molecule has 1 aliphatic heterocycles. The maximum atomic E-state index is 13.2. The molecule has 2 aliphatic rings. The van der Waals surface area contributed by atoms with Crippen LogP contribution in [0.1, 0.15) is 50.2 Å². The van der Waals surface area contributed by atoms with Crippen LogP contribution in [-0.2, 0) is 20.9 Å². The van der Waals surface area contributed by atoms with E-state index in [1.807, 2.05) is 61.5 Å². The monoisotopic (exact) mass is 477 g/mol. The molecule has 0 saturated carbocycles. The molecule has 0 radical (unpaired) electrons. The number of rotatable bonds is 9. The molecule has 1 N–H and O–H groups in total. The minimum atomic E-state index is -0.462.